The van der Waals surface area contributed by atoms with Crippen molar-refractivity contribution < 1.29 is 9.90 Å². The number of fused-ring (bicyclic) bond motifs is 1. The molecule has 2 aliphatic rings. The van der Waals surface area contributed by atoms with Crippen molar-refractivity contribution >= 4 is 17.7 Å². The fourth-order valence-corrected chi connectivity index (χ4v) is 5.91. The Kier molecular flexibility index (Phi) is 8.68. The van der Waals surface area contributed by atoms with Crippen LogP contribution in [0.3, 0.4) is 0 Å². The third kappa shape index (κ3) is 6.74. The Bertz CT molecular complexity index is 838. The second-order valence-electron chi connectivity index (χ2n) is 10.6. The van der Waals surface area contributed by atoms with Gasteiger partial charge in [0.1, 0.15) is 0 Å². The summed E-state index contributed by atoms with van der Waals surface area (Å²) in [7, 11) is 1.89. The van der Waals surface area contributed by atoms with Crippen LogP contribution < -0.4 is 0 Å². The van der Waals surface area contributed by atoms with E-state index in [-0.39, 0.29) is 23.5 Å². The predicted molar refractivity (Wildman–Crippen MR) is 137 cm³/mol. The van der Waals surface area contributed by atoms with E-state index in [1.807, 2.05) is 11.9 Å². The normalized spacial score (nSPS) is 25.2. The average molecular weight is 456 g/mol. The first-order valence-corrected chi connectivity index (χ1v) is 13.2. The molecular weight excluding hydrogens is 414 g/mol. The van der Waals surface area contributed by atoms with Crippen LogP contribution in [0.1, 0.15) is 57.6 Å². The lowest BCUT2D eigenvalue weighted by atomic mass is 9.89. The number of aryl methyl sites for hydroxylation is 2. The minimum atomic E-state index is -0.210. The van der Waals surface area contributed by atoms with E-state index in [1.165, 1.54) is 16.7 Å². The van der Waals surface area contributed by atoms with Crippen LogP contribution in [0.2, 0.25) is 0 Å². The van der Waals surface area contributed by atoms with Gasteiger partial charge in [-0.05, 0) is 83.0 Å². The van der Waals surface area contributed by atoms with Gasteiger partial charge in [-0.25, -0.2) is 0 Å². The highest BCUT2D eigenvalue weighted by atomic mass is 32.2. The summed E-state index contributed by atoms with van der Waals surface area (Å²) in [6.45, 7) is 8.35. The van der Waals surface area contributed by atoms with Crippen molar-refractivity contribution in [3.63, 3.8) is 0 Å². The Balaban J connectivity index is 1.41. The highest BCUT2D eigenvalue weighted by Crippen LogP contribution is 2.48. The molecule has 1 N–H and O–H groups in total. The standard InChI is InChI=1S/C28H41NO2S/c1-20-9-8-11-21(15-20)10-6-7-12-24-25-17-22(16-23(25)18-26(24)30)13-14-32-19-27(31)29(5)28(2,3)4/h7-9,11-12,15-16,23-26,30H,6,10,13-14,17-19H2,1-5H3/b12-7+/t23-,24+,25-,26+/m0/s1. The zero-order valence-corrected chi connectivity index (χ0v) is 21.3. The lowest BCUT2D eigenvalue weighted by Crippen LogP contribution is -2.43. The van der Waals surface area contributed by atoms with Gasteiger partial charge in [-0.1, -0.05) is 53.6 Å². The molecule has 32 heavy (non-hydrogen) atoms. The monoisotopic (exact) mass is 455 g/mol. The third-order valence-electron chi connectivity index (χ3n) is 7.16. The van der Waals surface area contributed by atoms with Crippen LogP contribution in [-0.2, 0) is 11.2 Å². The van der Waals surface area contributed by atoms with Crippen LogP contribution in [0.25, 0.3) is 0 Å². The second kappa shape index (κ2) is 11.1. The number of amides is 1. The lowest BCUT2D eigenvalue weighted by molar-refractivity contribution is -0.131. The van der Waals surface area contributed by atoms with Gasteiger partial charge in [-0.3, -0.25) is 4.79 Å². The van der Waals surface area contributed by atoms with Crippen LogP contribution in [-0.4, -0.2) is 46.1 Å². The molecular formula is C28H41NO2S. The maximum Gasteiger partial charge on any atom is 0.232 e. The van der Waals surface area contributed by atoms with E-state index in [1.54, 1.807) is 11.8 Å². The van der Waals surface area contributed by atoms with E-state index >= 15 is 0 Å². The average Bonchev–Trinajstić information content (AvgIpc) is 3.24. The molecule has 0 radical (unpaired) electrons. The highest BCUT2D eigenvalue weighted by molar-refractivity contribution is 7.99. The number of benzene rings is 1. The van der Waals surface area contributed by atoms with Gasteiger partial charge in [0.15, 0.2) is 0 Å². The Morgan fingerprint density at radius 3 is 2.78 bits per heavy atom. The topological polar surface area (TPSA) is 40.5 Å². The SMILES string of the molecule is Cc1cccc(CC/C=C/[C@@H]2[C@H]3CC(CCSCC(=O)N(C)C(C)(C)C)=C[C@H]3C[C@H]2O)c1. The summed E-state index contributed by atoms with van der Waals surface area (Å²) < 4.78 is 0. The van der Waals surface area contributed by atoms with Gasteiger partial charge in [0.25, 0.3) is 0 Å². The van der Waals surface area contributed by atoms with Crippen LogP contribution in [0.15, 0.2) is 48.1 Å². The fourth-order valence-electron chi connectivity index (χ4n) is 5.00. The molecule has 0 unspecified atom stereocenters. The van der Waals surface area contributed by atoms with Crippen LogP contribution >= 0.6 is 11.8 Å². The summed E-state index contributed by atoms with van der Waals surface area (Å²) in [5, 5.41) is 10.6. The summed E-state index contributed by atoms with van der Waals surface area (Å²) in [5.74, 6) is 3.10. The van der Waals surface area contributed by atoms with Crippen molar-refractivity contribution in [1.29, 1.82) is 0 Å². The first-order chi connectivity index (χ1) is 15.1. The number of rotatable bonds is 9. The first-order valence-electron chi connectivity index (χ1n) is 12.1. The molecule has 0 bridgehead atoms. The molecule has 1 amide bonds. The van der Waals surface area contributed by atoms with Crippen molar-refractivity contribution in [3.05, 3.63) is 59.2 Å². The number of allylic oxidation sites excluding steroid dienone is 3. The molecule has 176 valence electrons. The smallest absolute Gasteiger partial charge is 0.232 e. The maximum absolute atomic E-state index is 12.3. The molecule has 4 atom stereocenters. The van der Waals surface area contributed by atoms with Gasteiger partial charge in [0, 0.05) is 18.5 Å². The van der Waals surface area contributed by atoms with Crippen molar-refractivity contribution in [2.75, 3.05) is 18.6 Å². The molecule has 3 nitrogen and oxygen atoms in total. The molecule has 2 aliphatic carbocycles. The highest BCUT2D eigenvalue weighted by Gasteiger charge is 2.43. The molecule has 1 aromatic rings. The third-order valence-corrected chi connectivity index (χ3v) is 8.11. The number of carbonyl (C=O) groups excluding carboxylic acids is 1. The zero-order chi connectivity index (χ0) is 23.3. The summed E-state index contributed by atoms with van der Waals surface area (Å²) in [6.07, 6.45) is 11.9. The van der Waals surface area contributed by atoms with Gasteiger partial charge < -0.3 is 10.0 Å². The predicted octanol–water partition coefficient (Wildman–Crippen LogP) is 5.81. The van der Waals surface area contributed by atoms with Gasteiger partial charge in [-0.2, -0.15) is 11.8 Å². The molecule has 1 saturated carbocycles. The molecule has 3 rings (SSSR count). The van der Waals surface area contributed by atoms with Crippen LogP contribution in [0, 0.1) is 24.7 Å². The van der Waals surface area contributed by atoms with E-state index in [0.717, 1.165) is 37.9 Å². The quantitative estimate of drug-likeness (QED) is 0.377. The Labute approximate surface area is 199 Å². The molecule has 0 heterocycles. The summed E-state index contributed by atoms with van der Waals surface area (Å²) in [4.78, 5) is 14.2. The van der Waals surface area contributed by atoms with Crippen molar-refractivity contribution in [3.8, 4) is 0 Å². The number of carbonyl (C=O) groups is 1. The van der Waals surface area contributed by atoms with E-state index in [0.29, 0.717) is 17.6 Å². The van der Waals surface area contributed by atoms with E-state index in [4.69, 9.17) is 0 Å². The first kappa shape index (κ1) is 25.1. The summed E-state index contributed by atoms with van der Waals surface area (Å²) in [5.41, 5.74) is 4.10. The van der Waals surface area contributed by atoms with E-state index in [2.05, 4.69) is 70.2 Å². The molecule has 1 fully saturated rings. The number of aliphatic hydroxyl groups is 1. The fraction of sp³-hybridized carbons (Fsp3) is 0.607. The van der Waals surface area contributed by atoms with E-state index < -0.39 is 0 Å². The molecule has 1 aromatic carbocycles. The summed E-state index contributed by atoms with van der Waals surface area (Å²) in [6, 6.07) is 8.72. The Morgan fingerprint density at radius 2 is 2.06 bits per heavy atom. The molecule has 0 spiro atoms. The van der Waals surface area contributed by atoms with Crippen molar-refractivity contribution in [2.45, 2.75) is 71.4 Å². The lowest BCUT2D eigenvalue weighted by Gasteiger charge is -2.32. The molecule has 0 aromatic heterocycles. The number of hydrogen-bond donors (Lipinski definition) is 1. The second-order valence-corrected chi connectivity index (χ2v) is 11.7. The Morgan fingerprint density at radius 1 is 1.28 bits per heavy atom. The molecule has 4 heteroatoms. The minimum Gasteiger partial charge on any atom is -0.392 e. The van der Waals surface area contributed by atoms with Crippen molar-refractivity contribution in [2.24, 2.45) is 17.8 Å². The number of hydrogen-bond acceptors (Lipinski definition) is 3. The van der Waals surface area contributed by atoms with Crippen LogP contribution in [0.4, 0.5) is 0 Å². The van der Waals surface area contributed by atoms with Gasteiger partial charge in [0.05, 0.1) is 11.9 Å². The van der Waals surface area contributed by atoms with Gasteiger partial charge >= 0.3 is 0 Å². The maximum atomic E-state index is 12.3. The van der Waals surface area contributed by atoms with E-state index in [9.17, 15) is 9.90 Å². The van der Waals surface area contributed by atoms with Gasteiger partial charge in [0.2, 0.25) is 5.91 Å². The number of aliphatic hydroxyl groups excluding tert-OH is 1. The molecule has 0 aliphatic heterocycles. The minimum absolute atomic E-state index is 0.119. The Hall–Kier alpha value is -1.52. The van der Waals surface area contributed by atoms with Gasteiger partial charge in [-0.15, -0.1) is 0 Å². The number of thioether (sulfide) groups is 1. The largest absolute Gasteiger partial charge is 0.392 e. The van der Waals surface area contributed by atoms with Crippen LogP contribution in [0.5, 0.6) is 0 Å². The summed E-state index contributed by atoms with van der Waals surface area (Å²) >= 11 is 1.74. The van der Waals surface area contributed by atoms with Crippen molar-refractivity contribution in [1.82, 2.24) is 4.90 Å². The molecule has 0 saturated heterocycles. The number of nitrogens with zero attached hydrogens (tertiary/aromatic N) is 1. The zero-order valence-electron chi connectivity index (χ0n) is 20.5.